The Bertz CT molecular complexity index is 329. The van der Waals surface area contributed by atoms with Gasteiger partial charge in [-0.05, 0) is 12.8 Å². The van der Waals surface area contributed by atoms with Crippen molar-refractivity contribution < 1.29 is 0 Å². The first-order valence-corrected chi connectivity index (χ1v) is 4.97. The van der Waals surface area contributed by atoms with Gasteiger partial charge >= 0.3 is 0 Å². The standard InChI is InChI=1S/C9H13N5/c10-7-8-9(12-13-11-8)14-5-3-1-2-4-6-14/h1-6H2,(H,11,12,13). The van der Waals surface area contributed by atoms with Crippen LogP contribution in [0.15, 0.2) is 0 Å². The van der Waals surface area contributed by atoms with E-state index in [9.17, 15) is 0 Å². The van der Waals surface area contributed by atoms with Gasteiger partial charge in [0.1, 0.15) is 6.07 Å². The molecule has 74 valence electrons. The first-order valence-electron chi connectivity index (χ1n) is 4.97. The smallest absolute Gasteiger partial charge is 0.206 e. The van der Waals surface area contributed by atoms with Gasteiger partial charge in [0.15, 0.2) is 5.82 Å². The number of anilines is 1. The zero-order valence-corrected chi connectivity index (χ0v) is 8.03. The van der Waals surface area contributed by atoms with Crippen LogP contribution in [0.5, 0.6) is 0 Å². The number of aromatic amines is 1. The SMILES string of the molecule is N#Cc1n[nH]nc1N1CCCCCC1. The van der Waals surface area contributed by atoms with Gasteiger partial charge in [-0.2, -0.15) is 10.5 Å². The van der Waals surface area contributed by atoms with Crippen molar-refractivity contribution in [2.45, 2.75) is 25.7 Å². The lowest BCUT2D eigenvalue weighted by atomic mass is 10.2. The molecule has 5 nitrogen and oxygen atoms in total. The molecule has 0 bridgehead atoms. The summed E-state index contributed by atoms with van der Waals surface area (Å²) in [5, 5.41) is 19.1. The van der Waals surface area contributed by atoms with Gasteiger partial charge in [-0.3, -0.25) is 0 Å². The molecule has 5 heteroatoms. The van der Waals surface area contributed by atoms with Crippen molar-refractivity contribution in [2.75, 3.05) is 18.0 Å². The zero-order valence-electron chi connectivity index (χ0n) is 8.03. The van der Waals surface area contributed by atoms with Crippen LogP contribution in [0.4, 0.5) is 5.82 Å². The van der Waals surface area contributed by atoms with E-state index in [1.807, 2.05) is 6.07 Å². The minimum absolute atomic E-state index is 0.409. The van der Waals surface area contributed by atoms with Crippen LogP contribution in [0.25, 0.3) is 0 Å². The summed E-state index contributed by atoms with van der Waals surface area (Å²) in [7, 11) is 0. The second-order valence-electron chi connectivity index (χ2n) is 3.51. The number of hydrogen-bond donors (Lipinski definition) is 1. The first-order chi connectivity index (χ1) is 6.92. The fourth-order valence-electron chi connectivity index (χ4n) is 1.80. The molecule has 0 radical (unpaired) electrons. The van der Waals surface area contributed by atoms with E-state index in [2.05, 4.69) is 20.3 Å². The van der Waals surface area contributed by atoms with E-state index in [-0.39, 0.29) is 0 Å². The van der Waals surface area contributed by atoms with Crippen LogP contribution in [-0.4, -0.2) is 28.5 Å². The number of hydrogen-bond acceptors (Lipinski definition) is 4. The molecule has 1 aliphatic rings. The molecule has 0 aromatic carbocycles. The van der Waals surface area contributed by atoms with Gasteiger partial charge in [-0.1, -0.05) is 12.8 Å². The Labute approximate surface area is 82.7 Å². The third-order valence-electron chi connectivity index (χ3n) is 2.54. The predicted molar refractivity (Wildman–Crippen MR) is 51.8 cm³/mol. The molecule has 0 spiro atoms. The zero-order chi connectivity index (χ0) is 9.80. The second-order valence-corrected chi connectivity index (χ2v) is 3.51. The molecule has 14 heavy (non-hydrogen) atoms. The van der Waals surface area contributed by atoms with Crippen molar-refractivity contribution >= 4 is 5.82 Å². The van der Waals surface area contributed by atoms with Crippen molar-refractivity contribution in [1.82, 2.24) is 15.4 Å². The fourth-order valence-corrected chi connectivity index (χ4v) is 1.80. The quantitative estimate of drug-likeness (QED) is 0.720. The molecular formula is C9H13N5. The highest BCUT2D eigenvalue weighted by molar-refractivity contribution is 5.48. The number of nitrogens with zero attached hydrogens (tertiary/aromatic N) is 4. The number of rotatable bonds is 1. The average molecular weight is 191 g/mol. The Morgan fingerprint density at radius 2 is 1.86 bits per heavy atom. The first kappa shape index (κ1) is 9.00. The fraction of sp³-hybridized carbons (Fsp3) is 0.667. The molecule has 1 aromatic heterocycles. The monoisotopic (exact) mass is 191 g/mol. The summed E-state index contributed by atoms with van der Waals surface area (Å²) >= 11 is 0. The lowest BCUT2D eigenvalue weighted by molar-refractivity contribution is 0.726. The number of H-pyrrole nitrogens is 1. The Morgan fingerprint density at radius 3 is 2.50 bits per heavy atom. The maximum atomic E-state index is 8.81. The molecule has 2 heterocycles. The summed E-state index contributed by atoms with van der Waals surface area (Å²) in [4.78, 5) is 2.15. The third kappa shape index (κ3) is 1.69. The van der Waals surface area contributed by atoms with Gasteiger partial charge in [0.05, 0.1) is 0 Å². The highest BCUT2D eigenvalue weighted by Crippen LogP contribution is 2.18. The molecular weight excluding hydrogens is 178 g/mol. The van der Waals surface area contributed by atoms with Crippen LogP contribution < -0.4 is 4.90 Å². The molecule has 0 unspecified atom stereocenters. The summed E-state index contributed by atoms with van der Waals surface area (Å²) < 4.78 is 0. The Morgan fingerprint density at radius 1 is 1.14 bits per heavy atom. The normalized spacial score (nSPS) is 17.5. The van der Waals surface area contributed by atoms with Crippen molar-refractivity contribution in [3.05, 3.63) is 5.69 Å². The minimum Gasteiger partial charge on any atom is -0.353 e. The molecule has 0 saturated carbocycles. The van der Waals surface area contributed by atoms with Crippen LogP contribution in [0.3, 0.4) is 0 Å². The molecule has 0 amide bonds. The molecule has 1 fully saturated rings. The summed E-state index contributed by atoms with van der Waals surface area (Å²) in [6.07, 6.45) is 4.90. The van der Waals surface area contributed by atoms with Gasteiger partial charge in [-0.15, -0.1) is 10.2 Å². The van der Waals surface area contributed by atoms with E-state index >= 15 is 0 Å². The van der Waals surface area contributed by atoms with E-state index in [0.29, 0.717) is 5.69 Å². The van der Waals surface area contributed by atoms with Crippen LogP contribution in [-0.2, 0) is 0 Å². The lowest BCUT2D eigenvalue weighted by Crippen LogP contribution is -2.25. The lowest BCUT2D eigenvalue weighted by Gasteiger charge is -2.18. The highest BCUT2D eigenvalue weighted by Gasteiger charge is 2.16. The van der Waals surface area contributed by atoms with Gasteiger partial charge in [0.2, 0.25) is 5.69 Å². The van der Waals surface area contributed by atoms with E-state index in [0.717, 1.165) is 18.9 Å². The van der Waals surface area contributed by atoms with E-state index in [1.165, 1.54) is 25.7 Å². The van der Waals surface area contributed by atoms with Crippen molar-refractivity contribution in [2.24, 2.45) is 0 Å². The largest absolute Gasteiger partial charge is 0.353 e. The van der Waals surface area contributed by atoms with Gasteiger partial charge < -0.3 is 4.90 Å². The molecule has 2 rings (SSSR count). The maximum absolute atomic E-state index is 8.81. The van der Waals surface area contributed by atoms with Crippen LogP contribution >= 0.6 is 0 Å². The van der Waals surface area contributed by atoms with Gasteiger partial charge in [-0.25, -0.2) is 0 Å². The van der Waals surface area contributed by atoms with Crippen molar-refractivity contribution in [3.63, 3.8) is 0 Å². The number of nitrogens with one attached hydrogen (secondary N) is 1. The van der Waals surface area contributed by atoms with Crippen molar-refractivity contribution in [3.8, 4) is 6.07 Å². The third-order valence-corrected chi connectivity index (χ3v) is 2.54. The Balaban J connectivity index is 2.16. The molecule has 0 atom stereocenters. The molecule has 1 saturated heterocycles. The molecule has 0 aliphatic carbocycles. The summed E-state index contributed by atoms with van der Waals surface area (Å²) in [6, 6.07) is 2.05. The predicted octanol–water partition coefficient (Wildman–Crippen LogP) is 1.06. The molecule has 1 aliphatic heterocycles. The van der Waals surface area contributed by atoms with Crippen LogP contribution in [0.1, 0.15) is 31.4 Å². The molecule has 1 N–H and O–H groups in total. The number of aromatic nitrogens is 3. The Kier molecular flexibility index (Phi) is 2.63. The summed E-state index contributed by atoms with van der Waals surface area (Å²) in [5.41, 5.74) is 0.409. The summed E-state index contributed by atoms with van der Waals surface area (Å²) in [6.45, 7) is 1.97. The van der Waals surface area contributed by atoms with Crippen LogP contribution in [0, 0.1) is 11.3 Å². The molecule has 1 aromatic rings. The summed E-state index contributed by atoms with van der Waals surface area (Å²) in [5.74, 6) is 0.717. The average Bonchev–Trinajstić information content (AvgIpc) is 2.52. The van der Waals surface area contributed by atoms with Crippen molar-refractivity contribution in [1.29, 1.82) is 5.26 Å². The second kappa shape index (κ2) is 4.09. The van der Waals surface area contributed by atoms with E-state index in [1.54, 1.807) is 0 Å². The van der Waals surface area contributed by atoms with E-state index in [4.69, 9.17) is 5.26 Å². The topological polar surface area (TPSA) is 68.6 Å². The van der Waals surface area contributed by atoms with Gasteiger partial charge in [0, 0.05) is 13.1 Å². The number of nitriles is 1. The highest BCUT2D eigenvalue weighted by atomic mass is 15.4. The maximum Gasteiger partial charge on any atom is 0.206 e. The van der Waals surface area contributed by atoms with Crippen LogP contribution in [0.2, 0.25) is 0 Å². The van der Waals surface area contributed by atoms with Gasteiger partial charge in [0.25, 0.3) is 0 Å². The minimum atomic E-state index is 0.409. The Hall–Kier alpha value is -1.57. The van der Waals surface area contributed by atoms with E-state index < -0.39 is 0 Å².